The normalized spacial score (nSPS) is 21.4. The van der Waals surface area contributed by atoms with Gasteiger partial charge in [0.1, 0.15) is 5.82 Å². The van der Waals surface area contributed by atoms with Crippen LogP contribution in [0.5, 0.6) is 11.5 Å². The second kappa shape index (κ2) is 7.58. The van der Waals surface area contributed by atoms with Gasteiger partial charge in [-0.05, 0) is 55.5 Å². The first-order chi connectivity index (χ1) is 14.6. The van der Waals surface area contributed by atoms with Crippen LogP contribution in [0.2, 0.25) is 0 Å². The van der Waals surface area contributed by atoms with Gasteiger partial charge in [0.2, 0.25) is 5.91 Å². The lowest BCUT2D eigenvalue weighted by molar-refractivity contribution is -0.125. The number of ether oxygens (including phenoxy) is 3. The van der Waals surface area contributed by atoms with E-state index in [1.807, 2.05) is 18.2 Å². The number of fused-ring (bicyclic) bond motifs is 1. The fourth-order valence-electron chi connectivity index (χ4n) is 4.85. The lowest BCUT2D eigenvalue weighted by Gasteiger charge is -2.36. The molecule has 2 heterocycles. The van der Waals surface area contributed by atoms with Crippen LogP contribution >= 0.6 is 0 Å². The Balaban J connectivity index is 1.38. The van der Waals surface area contributed by atoms with Crippen LogP contribution in [0.15, 0.2) is 42.5 Å². The van der Waals surface area contributed by atoms with Crippen molar-refractivity contribution in [1.29, 1.82) is 0 Å². The van der Waals surface area contributed by atoms with Gasteiger partial charge in [-0.1, -0.05) is 18.6 Å². The van der Waals surface area contributed by atoms with Crippen LogP contribution in [0, 0.1) is 5.82 Å². The smallest absolute Gasteiger partial charge is 0.251 e. The quantitative estimate of drug-likeness (QED) is 0.777. The molecule has 5 nitrogen and oxygen atoms in total. The van der Waals surface area contributed by atoms with Crippen molar-refractivity contribution >= 4 is 11.6 Å². The fraction of sp³-hybridized carbons (Fsp3) is 0.458. The summed E-state index contributed by atoms with van der Waals surface area (Å²) in [6.45, 7) is 0.989. The van der Waals surface area contributed by atoms with Gasteiger partial charge in [0.15, 0.2) is 11.5 Å². The van der Waals surface area contributed by atoms with Gasteiger partial charge in [-0.2, -0.15) is 0 Å². The lowest BCUT2D eigenvalue weighted by Crippen LogP contribution is -2.44. The molecule has 0 bridgehead atoms. The molecule has 1 saturated carbocycles. The summed E-state index contributed by atoms with van der Waals surface area (Å²) in [5.41, 5.74) is 0.738. The molecule has 158 valence electrons. The molecule has 1 spiro atoms. The van der Waals surface area contributed by atoms with Crippen molar-refractivity contribution in [3.63, 3.8) is 0 Å². The Bertz CT molecular complexity index is 931. The molecule has 1 N–H and O–H groups in total. The fourth-order valence-corrected chi connectivity index (χ4v) is 4.85. The number of carbonyl (C=O) groups excluding carboxylic acids is 1. The summed E-state index contributed by atoms with van der Waals surface area (Å²) in [6.07, 6.45) is 6.28. The van der Waals surface area contributed by atoms with Gasteiger partial charge in [0, 0.05) is 37.8 Å². The molecule has 0 unspecified atom stereocenters. The third-order valence-corrected chi connectivity index (χ3v) is 6.59. The predicted molar refractivity (Wildman–Crippen MR) is 110 cm³/mol. The Hall–Kier alpha value is -2.60. The van der Waals surface area contributed by atoms with E-state index in [4.69, 9.17) is 14.2 Å². The van der Waals surface area contributed by atoms with Crippen molar-refractivity contribution in [3.05, 3.63) is 53.8 Å². The minimum Gasteiger partial charge on any atom is -0.448 e. The van der Waals surface area contributed by atoms with Gasteiger partial charge in [-0.3, -0.25) is 4.79 Å². The Morgan fingerprint density at radius 3 is 2.30 bits per heavy atom. The van der Waals surface area contributed by atoms with Crippen molar-refractivity contribution in [2.24, 2.45) is 0 Å². The standard InChI is InChI=1S/C24H26FNO4/c25-18-6-4-17(5-7-18)23(12-14-28-15-13-23)22(27)26-19-8-9-20-21(16-19)30-24(29-20)10-2-1-3-11-24/h4-9,16H,1-3,10-15H2,(H,26,27). The molecule has 1 aliphatic carbocycles. The third-order valence-electron chi connectivity index (χ3n) is 6.59. The first-order valence-electron chi connectivity index (χ1n) is 10.8. The van der Waals surface area contributed by atoms with E-state index in [0.29, 0.717) is 37.5 Å². The van der Waals surface area contributed by atoms with E-state index in [1.165, 1.54) is 18.6 Å². The van der Waals surface area contributed by atoms with Gasteiger partial charge in [0.25, 0.3) is 5.79 Å². The van der Waals surface area contributed by atoms with Crippen LogP contribution in [0.3, 0.4) is 0 Å². The molecule has 1 amide bonds. The Kier molecular flexibility index (Phi) is 4.89. The molecule has 6 heteroatoms. The van der Waals surface area contributed by atoms with Crippen LogP contribution < -0.4 is 14.8 Å². The van der Waals surface area contributed by atoms with Crippen molar-refractivity contribution in [1.82, 2.24) is 0 Å². The van der Waals surface area contributed by atoms with Crippen LogP contribution in [-0.4, -0.2) is 24.9 Å². The number of benzene rings is 2. The van der Waals surface area contributed by atoms with E-state index in [2.05, 4.69) is 5.32 Å². The van der Waals surface area contributed by atoms with Crippen molar-refractivity contribution in [2.75, 3.05) is 18.5 Å². The molecule has 0 atom stereocenters. The first-order valence-corrected chi connectivity index (χ1v) is 10.8. The highest BCUT2D eigenvalue weighted by atomic mass is 19.1. The molecule has 0 radical (unpaired) electrons. The van der Waals surface area contributed by atoms with E-state index < -0.39 is 11.2 Å². The number of carbonyl (C=O) groups is 1. The summed E-state index contributed by atoms with van der Waals surface area (Å²) in [7, 11) is 0. The Labute approximate surface area is 175 Å². The number of nitrogens with one attached hydrogen (secondary N) is 1. The monoisotopic (exact) mass is 411 g/mol. The van der Waals surface area contributed by atoms with E-state index in [-0.39, 0.29) is 11.7 Å². The molecule has 2 aliphatic heterocycles. The first kappa shape index (κ1) is 19.4. The number of anilines is 1. The zero-order valence-electron chi connectivity index (χ0n) is 16.9. The summed E-state index contributed by atoms with van der Waals surface area (Å²) >= 11 is 0. The average molecular weight is 411 g/mol. The van der Waals surface area contributed by atoms with Crippen LogP contribution in [-0.2, 0) is 14.9 Å². The third kappa shape index (κ3) is 3.43. The van der Waals surface area contributed by atoms with Crippen molar-refractivity contribution in [3.8, 4) is 11.5 Å². The van der Waals surface area contributed by atoms with Gasteiger partial charge >= 0.3 is 0 Å². The maximum Gasteiger partial charge on any atom is 0.251 e. The topological polar surface area (TPSA) is 56.8 Å². The molecule has 2 fully saturated rings. The van der Waals surface area contributed by atoms with Gasteiger partial charge < -0.3 is 19.5 Å². The molecule has 1 saturated heterocycles. The number of amides is 1. The molecule has 3 aliphatic rings. The minimum absolute atomic E-state index is 0.108. The second-order valence-corrected chi connectivity index (χ2v) is 8.49. The zero-order valence-corrected chi connectivity index (χ0v) is 16.9. The molecule has 30 heavy (non-hydrogen) atoms. The second-order valence-electron chi connectivity index (χ2n) is 8.49. The van der Waals surface area contributed by atoms with E-state index in [0.717, 1.165) is 37.0 Å². The maximum absolute atomic E-state index is 13.5. The molecular weight excluding hydrogens is 385 g/mol. The summed E-state index contributed by atoms with van der Waals surface area (Å²) in [4.78, 5) is 13.4. The van der Waals surface area contributed by atoms with Crippen molar-refractivity contribution < 1.29 is 23.4 Å². The highest BCUT2D eigenvalue weighted by Gasteiger charge is 2.44. The maximum atomic E-state index is 13.5. The number of hydrogen-bond acceptors (Lipinski definition) is 4. The molecule has 2 aromatic rings. The highest BCUT2D eigenvalue weighted by molar-refractivity contribution is 5.99. The largest absolute Gasteiger partial charge is 0.448 e. The van der Waals surface area contributed by atoms with Crippen LogP contribution in [0.1, 0.15) is 50.5 Å². The van der Waals surface area contributed by atoms with Gasteiger partial charge in [-0.15, -0.1) is 0 Å². The SMILES string of the molecule is O=C(Nc1ccc2c(c1)OC1(CCCCC1)O2)C1(c2ccc(F)cc2)CCOCC1. The minimum atomic E-state index is -0.743. The van der Waals surface area contributed by atoms with Crippen LogP contribution in [0.25, 0.3) is 0 Å². The molecule has 0 aromatic heterocycles. The summed E-state index contributed by atoms with van der Waals surface area (Å²) in [6, 6.07) is 11.8. The summed E-state index contributed by atoms with van der Waals surface area (Å²) in [5, 5.41) is 3.06. The highest BCUT2D eigenvalue weighted by Crippen LogP contribution is 2.46. The Morgan fingerprint density at radius 1 is 0.867 bits per heavy atom. The lowest BCUT2D eigenvalue weighted by atomic mass is 9.73. The van der Waals surface area contributed by atoms with E-state index >= 15 is 0 Å². The summed E-state index contributed by atoms with van der Waals surface area (Å²) < 4.78 is 31.3. The number of hydrogen-bond donors (Lipinski definition) is 1. The molecule has 5 rings (SSSR count). The Morgan fingerprint density at radius 2 is 1.57 bits per heavy atom. The van der Waals surface area contributed by atoms with Gasteiger partial charge in [0.05, 0.1) is 5.41 Å². The van der Waals surface area contributed by atoms with E-state index in [9.17, 15) is 9.18 Å². The molecular formula is C24H26FNO4. The number of halogens is 1. The predicted octanol–water partition coefficient (Wildman–Crippen LogP) is 4.94. The van der Waals surface area contributed by atoms with Crippen LogP contribution in [0.4, 0.5) is 10.1 Å². The molecule has 2 aromatic carbocycles. The average Bonchev–Trinajstić information content (AvgIpc) is 3.11. The summed E-state index contributed by atoms with van der Waals surface area (Å²) in [5.74, 6) is 0.448. The van der Waals surface area contributed by atoms with Crippen molar-refractivity contribution in [2.45, 2.75) is 56.1 Å². The van der Waals surface area contributed by atoms with Gasteiger partial charge in [-0.25, -0.2) is 4.39 Å². The van der Waals surface area contributed by atoms with E-state index in [1.54, 1.807) is 12.1 Å². The zero-order chi connectivity index (χ0) is 20.6. The number of rotatable bonds is 3.